The summed E-state index contributed by atoms with van der Waals surface area (Å²) < 4.78 is 47.9. The molecule has 3 saturated heterocycles. The molecule has 232 valence electrons. The van der Waals surface area contributed by atoms with E-state index in [4.69, 9.17) is 37.9 Å². The lowest BCUT2D eigenvalue weighted by Gasteiger charge is -2.26. The number of rotatable bonds is 14. The molecule has 3 aliphatic rings. The standard InChI is InChI=1S/C32H52O8Si/c1-32(2)38-22-29(40-32)31-28(37-21-23-13-16-26(33-3)27(19-23)34-4)20-24(39-31)14-15-25(41(5,6)7)11-10-18-36-30-12-8-9-17-35-30/h11,13,16,19,24,28-31H,8-10,12,14-15,17-18,20-22H2,1-7H3/b25-11+/t24-,28-,29-,30?,31+/m1/s1. The predicted molar refractivity (Wildman–Crippen MR) is 161 cm³/mol. The molecule has 0 amide bonds. The van der Waals surface area contributed by atoms with Gasteiger partial charge in [0.2, 0.25) is 0 Å². The fourth-order valence-corrected chi connectivity index (χ4v) is 7.51. The first-order valence-electron chi connectivity index (χ1n) is 15.3. The van der Waals surface area contributed by atoms with Gasteiger partial charge in [-0.2, -0.15) is 0 Å². The third-order valence-corrected chi connectivity index (χ3v) is 10.6. The molecule has 3 aliphatic heterocycles. The van der Waals surface area contributed by atoms with E-state index in [1.807, 2.05) is 32.0 Å². The fourth-order valence-electron chi connectivity index (χ4n) is 5.86. The van der Waals surface area contributed by atoms with Crippen LogP contribution in [0.3, 0.4) is 0 Å². The third kappa shape index (κ3) is 9.51. The normalized spacial score (nSPS) is 28.7. The number of hydrogen-bond donors (Lipinski definition) is 0. The van der Waals surface area contributed by atoms with Gasteiger partial charge >= 0.3 is 0 Å². The molecule has 8 nitrogen and oxygen atoms in total. The lowest BCUT2D eigenvalue weighted by atomic mass is 10.0. The van der Waals surface area contributed by atoms with Crippen molar-refractivity contribution in [3.05, 3.63) is 35.0 Å². The summed E-state index contributed by atoms with van der Waals surface area (Å²) in [7, 11) is 1.81. The SMILES string of the molecule is COc1ccc(CO[C@@H]2C[C@@H](CC/C(=C\CCOC3CCCCO3)[Si](C)(C)C)O[C@@H]2[C@H]2COC(C)(C)O2)cc1OC. The van der Waals surface area contributed by atoms with Crippen LogP contribution in [-0.4, -0.2) is 78.6 Å². The molecule has 1 aromatic carbocycles. The van der Waals surface area contributed by atoms with Crippen LogP contribution in [0.25, 0.3) is 0 Å². The molecule has 1 unspecified atom stereocenters. The zero-order valence-corrected chi connectivity index (χ0v) is 27.2. The number of methoxy groups -OCH3 is 2. The van der Waals surface area contributed by atoms with Crippen molar-refractivity contribution < 1.29 is 37.9 Å². The molecule has 0 aromatic heterocycles. The molecule has 0 aliphatic carbocycles. The van der Waals surface area contributed by atoms with E-state index in [1.165, 1.54) is 6.42 Å². The largest absolute Gasteiger partial charge is 0.493 e. The Hall–Kier alpha value is -1.46. The van der Waals surface area contributed by atoms with Crippen LogP contribution >= 0.6 is 0 Å². The van der Waals surface area contributed by atoms with E-state index in [0.717, 1.165) is 50.7 Å². The fraction of sp³-hybridized carbons (Fsp3) is 0.750. The summed E-state index contributed by atoms with van der Waals surface area (Å²) in [6, 6.07) is 5.89. The first-order valence-corrected chi connectivity index (χ1v) is 18.8. The zero-order valence-electron chi connectivity index (χ0n) is 26.2. The van der Waals surface area contributed by atoms with E-state index in [-0.39, 0.29) is 30.7 Å². The zero-order chi connectivity index (χ0) is 29.5. The highest BCUT2D eigenvalue weighted by molar-refractivity contribution is 6.83. The van der Waals surface area contributed by atoms with Crippen molar-refractivity contribution >= 4 is 8.07 Å². The van der Waals surface area contributed by atoms with E-state index >= 15 is 0 Å². The molecule has 1 aromatic rings. The van der Waals surface area contributed by atoms with Gasteiger partial charge in [-0.05, 0) is 70.1 Å². The van der Waals surface area contributed by atoms with Gasteiger partial charge in [0.25, 0.3) is 0 Å². The number of allylic oxidation sites excluding steroid dienone is 1. The molecule has 0 bridgehead atoms. The van der Waals surface area contributed by atoms with Crippen LogP contribution in [0.4, 0.5) is 0 Å². The summed E-state index contributed by atoms with van der Waals surface area (Å²) in [6.45, 7) is 13.7. The highest BCUT2D eigenvalue weighted by Gasteiger charge is 2.46. The van der Waals surface area contributed by atoms with Crippen molar-refractivity contribution in [3.8, 4) is 11.5 Å². The molecule has 3 heterocycles. The van der Waals surface area contributed by atoms with Crippen LogP contribution in [0, 0.1) is 0 Å². The van der Waals surface area contributed by atoms with Gasteiger partial charge in [0.1, 0.15) is 12.2 Å². The lowest BCUT2D eigenvalue weighted by molar-refractivity contribution is -0.165. The minimum absolute atomic E-state index is 0.0287. The maximum atomic E-state index is 6.66. The highest BCUT2D eigenvalue weighted by Crippen LogP contribution is 2.36. The first kappa shape index (κ1) is 32.5. The molecular weight excluding hydrogens is 540 g/mol. The average Bonchev–Trinajstić information content (AvgIpc) is 3.53. The van der Waals surface area contributed by atoms with Crippen molar-refractivity contribution in [1.29, 1.82) is 0 Å². The Labute approximate surface area is 248 Å². The van der Waals surface area contributed by atoms with E-state index in [1.54, 1.807) is 19.4 Å². The van der Waals surface area contributed by atoms with Crippen LogP contribution in [-0.2, 0) is 35.0 Å². The third-order valence-electron chi connectivity index (χ3n) is 8.17. The van der Waals surface area contributed by atoms with Crippen LogP contribution in [0.5, 0.6) is 11.5 Å². The van der Waals surface area contributed by atoms with E-state index in [9.17, 15) is 0 Å². The Morgan fingerprint density at radius 2 is 1.88 bits per heavy atom. The number of benzene rings is 1. The van der Waals surface area contributed by atoms with Crippen LogP contribution in [0.1, 0.15) is 64.4 Å². The average molecular weight is 593 g/mol. The maximum Gasteiger partial charge on any atom is 0.163 e. The van der Waals surface area contributed by atoms with Gasteiger partial charge in [-0.3, -0.25) is 0 Å². The predicted octanol–water partition coefficient (Wildman–Crippen LogP) is 6.42. The second-order valence-corrected chi connectivity index (χ2v) is 18.0. The van der Waals surface area contributed by atoms with E-state index in [2.05, 4.69) is 25.7 Å². The van der Waals surface area contributed by atoms with Crippen molar-refractivity contribution in [2.24, 2.45) is 0 Å². The number of hydrogen-bond acceptors (Lipinski definition) is 8. The van der Waals surface area contributed by atoms with Gasteiger partial charge in [-0.25, -0.2) is 0 Å². The second-order valence-electron chi connectivity index (χ2n) is 12.8. The lowest BCUT2D eigenvalue weighted by Crippen LogP contribution is -2.38. The summed E-state index contributed by atoms with van der Waals surface area (Å²) in [6.07, 6.45) is 9.17. The summed E-state index contributed by atoms with van der Waals surface area (Å²) in [5.41, 5.74) is 1.03. The quantitative estimate of drug-likeness (QED) is 0.181. The molecule has 41 heavy (non-hydrogen) atoms. The number of ether oxygens (including phenoxy) is 8. The van der Waals surface area contributed by atoms with Crippen LogP contribution in [0.2, 0.25) is 19.6 Å². The Bertz CT molecular complexity index is 984. The van der Waals surface area contributed by atoms with E-state index < -0.39 is 13.9 Å². The van der Waals surface area contributed by atoms with Gasteiger partial charge in [0.15, 0.2) is 23.6 Å². The Morgan fingerprint density at radius 1 is 1.07 bits per heavy atom. The van der Waals surface area contributed by atoms with Crippen molar-refractivity contribution in [1.82, 2.24) is 0 Å². The minimum atomic E-state index is -1.48. The molecule has 0 saturated carbocycles. The van der Waals surface area contributed by atoms with Crippen molar-refractivity contribution in [2.75, 3.05) is 34.0 Å². The first-order chi connectivity index (χ1) is 19.6. The van der Waals surface area contributed by atoms with Gasteiger partial charge in [0, 0.05) is 13.0 Å². The van der Waals surface area contributed by atoms with Gasteiger partial charge in [-0.15, -0.1) is 0 Å². The van der Waals surface area contributed by atoms with Crippen molar-refractivity contribution in [2.45, 2.75) is 122 Å². The van der Waals surface area contributed by atoms with Crippen molar-refractivity contribution in [3.63, 3.8) is 0 Å². The monoisotopic (exact) mass is 592 g/mol. The summed E-state index contributed by atoms with van der Waals surface area (Å²) in [4.78, 5) is 0. The van der Waals surface area contributed by atoms with Gasteiger partial charge in [-0.1, -0.05) is 37.0 Å². The molecule has 9 heteroatoms. The summed E-state index contributed by atoms with van der Waals surface area (Å²) >= 11 is 0. The molecule has 0 spiro atoms. The van der Waals surface area contributed by atoms with Gasteiger partial charge < -0.3 is 37.9 Å². The summed E-state index contributed by atoms with van der Waals surface area (Å²) in [5.74, 6) is 0.790. The minimum Gasteiger partial charge on any atom is -0.493 e. The Balaban J connectivity index is 1.35. The van der Waals surface area contributed by atoms with Crippen LogP contribution < -0.4 is 9.47 Å². The van der Waals surface area contributed by atoms with Crippen LogP contribution in [0.15, 0.2) is 29.5 Å². The summed E-state index contributed by atoms with van der Waals surface area (Å²) in [5, 5.41) is 1.57. The Kier molecular flexibility index (Phi) is 11.7. The molecule has 3 fully saturated rings. The second kappa shape index (κ2) is 14.8. The highest BCUT2D eigenvalue weighted by atomic mass is 28.3. The molecule has 0 radical (unpaired) electrons. The maximum absolute atomic E-state index is 6.66. The molecule has 4 rings (SSSR count). The molecular formula is C32H52O8Si. The smallest absolute Gasteiger partial charge is 0.163 e. The van der Waals surface area contributed by atoms with Gasteiger partial charge in [0.05, 0.1) is 54.3 Å². The Morgan fingerprint density at radius 3 is 2.54 bits per heavy atom. The molecule has 0 N–H and O–H groups in total. The molecule has 5 atom stereocenters. The van der Waals surface area contributed by atoms with E-state index in [0.29, 0.717) is 31.3 Å². The topological polar surface area (TPSA) is 73.8 Å².